The zero-order chi connectivity index (χ0) is 36.9. The zero-order valence-corrected chi connectivity index (χ0v) is 29.9. The maximum absolute atomic E-state index is 13.9. The molecule has 0 radical (unpaired) electrons. The van der Waals surface area contributed by atoms with E-state index in [2.05, 4.69) is 16.0 Å². The van der Waals surface area contributed by atoms with Gasteiger partial charge >= 0.3 is 7.60 Å². The molecule has 276 valence electrons. The first kappa shape index (κ1) is 40.8. The van der Waals surface area contributed by atoms with Crippen molar-refractivity contribution in [3.05, 3.63) is 71.8 Å². The molecule has 14 nitrogen and oxygen atoms in total. The summed E-state index contributed by atoms with van der Waals surface area (Å²) in [5, 5.41) is 6.73. The van der Waals surface area contributed by atoms with Crippen molar-refractivity contribution in [1.82, 2.24) is 20.9 Å². The molecule has 50 heavy (non-hydrogen) atoms. The summed E-state index contributed by atoms with van der Waals surface area (Å²) in [5.74, 6) is -2.08. The highest BCUT2D eigenvalue weighted by molar-refractivity contribution is 7.53. The number of carbonyl (C=O) groups excluding carboxylic acids is 4. The fraction of sp³-hybridized carbons (Fsp3) is 0.543. The number of likely N-dealkylation sites (tertiary alicyclic amines) is 1. The number of hydrogen-bond acceptors (Lipinski definition) is 8. The van der Waals surface area contributed by atoms with Gasteiger partial charge in [0.2, 0.25) is 23.6 Å². The van der Waals surface area contributed by atoms with Crippen molar-refractivity contribution < 1.29 is 33.5 Å². The molecule has 4 atom stereocenters. The highest BCUT2D eigenvalue weighted by Gasteiger charge is 2.46. The molecule has 0 saturated carbocycles. The molecule has 2 aromatic carbocycles. The average Bonchev–Trinajstić information content (AvgIpc) is 3.07. The smallest absolute Gasteiger partial charge is 0.343 e. The standard InChI is InChI=1S/C35H54N7O7P/c1-24(2)21-29(32(44)39-28(15-9-10-18-36)34(46)42-19-16-35(38,17-20-42)50(47,48)49)41-33(45)30(23-26-13-7-4-8-14-26)40-31(43)27(37)22-25-11-5-3-6-12-25/h3-8,11-14,24,27-30H,9-10,15-23,36-38H2,1-2H3,(H,39,44)(H,40,43)(H,41,45)(H2,47,48,49)/t27-,28-,29-,30-/m1/s1. The van der Waals surface area contributed by atoms with Crippen LogP contribution in [0.1, 0.15) is 63.5 Å². The lowest BCUT2D eigenvalue weighted by Crippen LogP contribution is -2.59. The maximum Gasteiger partial charge on any atom is 0.345 e. The lowest BCUT2D eigenvalue weighted by atomic mass is 9.99. The van der Waals surface area contributed by atoms with Gasteiger partial charge in [-0.1, -0.05) is 74.5 Å². The second kappa shape index (κ2) is 19.1. The second-order valence-corrected chi connectivity index (χ2v) is 15.5. The number of piperidine rings is 1. The molecule has 0 spiro atoms. The summed E-state index contributed by atoms with van der Waals surface area (Å²) in [7, 11) is -4.60. The third-order valence-electron chi connectivity index (χ3n) is 8.97. The number of nitrogens with zero attached hydrogens (tertiary/aromatic N) is 1. The van der Waals surface area contributed by atoms with Gasteiger partial charge in [-0.3, -0.25) is 23.7 Å². The van der Waals surface area contributed by atoms with E-state index in [9.17, 15) is 33.5 Å². The number of rotatable bonds is 18. The molecule has 1 saturated heterocycles. The molecule has 0 aliphatic carbocycles. The molecule has 1 aliphatic heterocycles. The summed E-state index contributed by atoms with van der Waals surface area (Å²) >= 11 is 0. The van der Waals surface area contributed by atoms with Crippen LogP contribution in [0.4, 0.5) is 0 Å². The largest absolute Gasteiger partial charge is 0.345 e. The van der Waals surface area contributed by atoms with E-state index in [1.165, 1.54) is 4.90 Å². The maximum atomic E-state index is 13.9. The van der Waals surface area contributed by atoms with Gasteiger partial charge in [-0.2, -0.15) is 0 Å². The highest BCUT2D eigenvalue weighted by atomic mass is 31.2. The number of hydrogen-bond donors (Lipinski definition) is 8. The van der Waals surface area contributed by atoms with Gasteiger partial charge in [0, 0.05) is 19.5 Å². The Labute approximate surface area is 294 Å². The van der Waals surface area contributed by atoms with Crippen molar-refractivity contribution in [3.8, 4) is 0 Å². The van der Waals surface area contributed by atoms with Crippen LogP contribution >= 0.6 is 7.60 Å². The predicted octanol–water partition coefficient (Wildman–Crippen LogP) is 0.884. The van der Waals surface area contributed by atoms with Gasteiger partial charge in [0.1, 0.15) is 23.4 Å². The van der Waals surface area contributed by atoms with Crippen LogP contribution in [0.5, 0.6) is 0 Å². The molecule has 0 unspecified atom stereocenters. The number of amides is 4. The lowest BCUT2D eigenvalue weighted by Gasteiger charge is -2.40. The summed E-state index contributed by atoms with van der Waals surface area (Å²) in [4.78, 5) is 75.5. The van der Waals surface area contributed by atoms with Crippen molar-refractivity contribution in [3.63, 3.8) is 0 Å². The van der Waals surface area contributed by atoms with Gasteiger partial charge in [0.25, 0.3) is 0 Å². The van der Waals surface area contributed by atoms with Crippen molar-refractivity contribution in [2.24, 2.45) is 23.1 Å². The van der Waals surface area contributed by atoms with E-state index in [0.717, 1.165) is 11.1 Å². The van der Waals surface area contributed by atoms with E-state index in [1.807, 2.05) is 74.5 Å². The monoisotopic (exact) mass is 715 g/mol. The average molecular weight is 716 g/mol. The Bertz CT molecular complexity index is 1450. The van der Waals surface area contributed by atoms with Crippen LogP contribution in [0.3, 0.4) is 0 Å². The van der Waals surface area contributed by atoms with E-state index in [-0.39, 0.29) is 57.5 Å². The second-order valence-electron chi connectivity index (χ2n) is 13.6. The van der Waals surface area contributed by atoms with Crippen LogP contribution in [0.15, 0.2) is 60.7 Å². The van der Waals surface area contributed by atoms with Crippen LogP contribution in [-0.2, 0) is 36.6 Å². The molecule has 1 fully saturated rings. The van der Waals surface area contributed by atoms with Crippen LogP contribution in [-0.4, -0.2) is 87.4 Å². The minimum atomic E-state index is -4.60. The van der Waals surface area contributed by atoms with E-state index in [4.69, 9.17) is 17.2 Å². The Morgan fingerprint density at radius 2 is 1.30 bits per heavy atom. The molecule has 4 amide bonds. The third kappa shape index (κ3) is 12.3. The van der Waals surface area contributed by atoms with Crippen LogP contribution in [0.2, 0.25) is 0 Å². The topological polar surface area (TPSA) is 243 Å². The molecule has 0 aromatic heterocycles. The van der Waals surface area contributed by atoms with Crippen LogP contribution in [0, 0.1) is 5.92 Å². The van der Waals surface area contributed by atoms with Gasteiger partial charge in [-0.15, -0.1) is 0 Å². The predicted molar refractivity (Wildman–Crippen MR) is 191 cm³/mol. The quantitative estimate of drug-likeness (QED) is 0.0800. The molecule has 11 N–H and O–H groups in total. The van der Waals surface area contributed by atoms with Crippen molar-refractivity contribution in [2.75, 3.05) is 19.6 Å². The summed E-state index contributed by atoms with van der Waals surface area (Å²) in [6.07, 6.45) is 1.92. The molecule has 15 heteroatoms. The molecule has 2 aromatic rings. The number of nitrogens with two attached hydrogens (primary N) is 3. The van der Waals surface area contributed by atoms with Crippen LogP contribution < -0.4 is 33.2 Å². The lowest BCUT2D eigenvalue weighted by molar-refractivity contribution is -0.139. The highest BCUT2D eigenvalue weighted by Crippen LogP contribution is 2.52. The Morgan fingerprint density at radius 1 is 0.800 bits per heavy atom. The molecule has 1 heterocycles. The zero-order valence-electron chi connectivity index (χ0n) is 29.0. The number of benzene rings is 2. The van der Waals surface area contributed by atoms with Crippen LogP contribution in [0.25, 0.3) is 0 Å². The molecule has 3 rings (SSSR count). The Balaban J connectivity index is 1.77. The molecule has 1 aliphatic rings. The first-order valence-corrected chi connectivity index (χ1v) is 18.8. The van der Waals surface area contributed by atoms with Gasteiger partial charge in [0.15, 0.2) is 0 Å². The van der Waals surface area contributed by atoms with Crippen molar-refractivity contribution in [1.29, 1.82) is 0 Å². The van der Waals surface area contributed by atoms with Gasteiger partial charge in [0.05, 0.1) is 6.04 Å². The van der Waals surface area contributed by atoms with Gasteiger partial charge in [-0.05, 0) is 68.5 Å². The van der Waals surface area contributed by atoms with Crippen molar-refractivity contribution >= 4 is 31.2 Å². The number of unbranched alkanes of at least 4 members (excludes halogenated alkanes) is 1. The minimum absolute atomic E-state index is 0.0170. The van der Waals surface area contributed by atoms with Gasteiger partial charge in [-0.25, -0.2) is 0 Å². The Hall–Kier alpha value is -3.65. The summed E-state index contributed by atoms with van der Waals surface area (Å²) < 4.78 is 11.9. The first-order valence-electron chi connectivity index (χ1n) is 17.2. The summed E-state index contributed by atoms with van der Waals surface area (Å²) in [6.45, 7) is 4.23. The molecular formula is C35H54N7O7P. The Morgan fingerprint density at radius 3 is 1.82 bits per heavy atom. The molecular weight excluding hydrogens is 661 g/mol. The summed E-state index contributed by atoms with van der Waals surface area (Å²) in [6, 6.07) is 14.5. The third-order valence-corrected chi connectivity index (χ3v) is 10.6. The number of carbonyl (C=O) groups is 4. The van der Waals surface area contributed by atoms with Crippen molar-refractivity contribution in [2.45, 2.75) is 94.7 Å². The Kier molecular flexibility index (Phi) is 15.6. The minimum Gasteiger partial charge on any atom is -0.343 e. The normalized spacial score (nSPS) is 16.9. The SMILES string of the molecule is CC(C)C[C@@H](NC(=O)[C@@H](Cc1ccccc1)NC(=O)[C@H](N)Cc1ccccc1)C(=O)N[C@H](CCCCN)C(=O)N1CCC(N)(P(=O)(O)O)CC1. The fourth-order valence-corrected chi connectivity index (χ4v) is 6.70. The molecule has 0 bridgehead atoms. The number of nitrogens with one attached hydrogen (secondary N) is 3. The van der Waals surface area contributed by atoms with E-state index < -0.39 is 60.7 Å². The van der Waals surface area contributed by atoms with E-state index in [1.54, 1.807) is 0 Å². The van der Waals surface area contributed by atoms with E-state index >= 15 is 0 Å². The van der Waals surface area contributed by atoms with E-state index in [0.29, 0.717) is 19.4 Å². The first-order chi connectivity index (χ1) is 23.6. The fourth-order valence-electron chi connectivity index (χ4n) is 5.92. The van der Waals surface area contributed by atoms with Gasteiger partial charge < -0.3 is 47.8 Å². The summed E-state index contributed by atoms with van der Waals surface area (Å²) in [5.41, 5.74) is 19.6.